The maximum absolute atomic E-state index is 3.97. The number of aliphatic imine (C=N–C) groups is 1. The normalized spacial score (nSPS) is 13.8. The Morgan fingerprint density at radius 3 is 2.33 bits per heavy atom. The predicted molar refractivity (Wildman–Crippen MR) is 56.5 cm³/mol. The minimum Gasteiger partial charge on any atom is -0.269 e. The van der Waals surface area contributed by atoms with Gasteiger partial charge in [0, 0.05) is 5.70 Å². The van der Waals surface area contributed by atoms with Gasteiger partial charge in [0.05, 0.1) is 0 Å². The first-order valence-corrected chi connectivity index (χ1v) is 4.28. The van der Waals surface area contributed by atoms with Gasteiger partial charge in [-0.25, -0.2) is 0 Å². The molecular weight excluding hydrogens is 146 g/mol. The topological polar surface area (TPSA) is 12.4 Å². The zero-order valence-corrected chi connectivity index (χ0v) is 8.59. The largest absolute Gasteiger partial charge is 0.269 e. The SMILES string of the molecule is C=N/C(=C\C=C/C)CC(C)(C)C. The van der Waals surface area contributed by atoms with Crippen LogP contribution in [0.5, 0.6) is 0 Å². The third kappa shape index (κ3) is 5.90. The molecule has 68 valence electrons. The Balaban J connectivity index is 4.28. The van der Waals surface area contributed by atoms with Crippen molar-refractivity contribution in [3.8, 4) is 0 Å². The van der Waals surface area contributed by atoms with E-state index in [-0.39, 0.29) is 5.41 Å². The summed E-state index contributed by atoms with van der Waals surface area (Å²) in [6.45, 7) is 12.1. The van der Waals surface area contributed by atoms with Gasteiger partial charge in [0.1, 0.15) is 0 Å². The summed E-state index contributed by atoms with van der Waals surface area (Å²) < 4.78 is 0. The molecular formula is C11H19N. The highest BCUT2D eigenvalue weighted by Gasteiger charge is 2.11. The highest BCUT2D eigenvalue weighted by Crippen LogP contribution is 2.24. The molecule has 0 aromatic rings. The molecule has 0 unspecified atom stereocenters. The molecule has 0 aromatic carbocycles. The molecule has 0 amide bonds. The third-order valence-electron chi connectivity index (χ3n) is 1.40. The number of allylic oxidation sites excluding steroid dienone is 4. The molecule has 0 saturated heterocycles. The van der Waals surface area contributed by atoms with Crippen molar-refractivity contribution < 1.29 is 0 Å². The zero-order chi connectivity index (χ0) is 9.61. The Labute approximate surface area is 75.9 Å². The molecule has 0 radical (unpaired) electrons. The fraction of sp³-hybridized carbons (Fsp3) is 0.545. The van der Waals surface area contributed by atoms with E-state index in [1.54, 1.807) is 0 Å². The van der Waals surface area contributed by atoms with Crippen LogP contribution in [0, 0.1) is 5.41 Å². The van der Waals surface area contributed by atoms with E-state index in [2.05, 4.69) is 32.5 Å². The van der Waals surface area contributed by atoms with Crippen molar-refractivity contribution >= 4 is 6.72 Å². The second-order valence-electron chi connectivity index (χ2n) is 4.08. The van der Waals surface area contributed by atoms with Crippen LogP contribution in [0.2, 0.25) is 0 Å². The standard InChI is InChI=1S/C11H19N/c1-6-7-8-10(12-5)9-11(2,3)4/h6-8H,5,9H2,1-4H3/b7-6-,10-8-. The quantitative estimate of drug-likeness (QED) is 0.447. The van der Waals surface area contributed by atoms with Crippen molar-refractivity contribution in [1.82, 2.24) is 0 Å². The molecule has 0 heterocycles. The molecule has 0 bridgehead atoms. The van der Waals surface area contributed by atoms with Gasteiger partial charge in [-0.15, -0.1) is 0 Å². The summed E-state index contributed by atoms with van der Waals surface area (Å²) in [5.41, 5.74) is 1.34. The molecule has 1 heteroatoms. The molecule has 0 aliphatic rings. The highest BCUT2D eigenvalue weighted by molar-refractivity contribution is 5.30. The van der Waals surface area contributed by atoms with Crippen molar-refractivity contribution in [3.63, 3.8) is 0 Å². The van der Waals surface area contributed by atoms with Gasteiger partial charge in [-0.05, 0) is 31.6 Å². The Morgan fingerprint density at radius 1 is 1.42 bits per heavy atom. The summed E-state index contributed by atoms with van der Waals surface area (Å²) in [4.78, 5) is 3.97. The average molecular weight is 165 g/mol. The molecule has 0 rings (SSSR count). The Kier molecular flexibility index (Phi) is 4.57. The summed E-state index contributed by atoms with van der Waals surface area (Å²) >= 11 is 0. The van der Waals surface area contributed by atoms with Gasteiger partial charge in [0.15, 0.2) is 0 Å². The van der Waals surface area contributed by atoms with E-state index in [9.17, 15) is 0 Å². The Morgan fingerprint density at radius 2 is 2.00 bits per heavy atom. The fourth-order valence-corrected chi connectivity index (χ4v) is 0.918. The van der Waals surface area contributed by atoms with E-state index in [0.29, 0.717) is 0 Å². The van der Waals surface area contributed by atoms with Gasteiger partial charge in [0.25, 0.3) is 0 Å². The second kappa shape index (κ2) is 4.91. The molecule has 0 N–H and O–H groups in total. The second-order valence-corrected chi connectivity index (χ2v) is 4.08. The van der Waals surface area contributed by atoms with Crippen LogP contribution in [-0.2, 0) is 0 Å². The Hall–Kier alpha value is -0.850. The summed E-state index contributed by atoms with van der Waals surface area (Å²) in [6.07, 6.45) is 6.97. The zero-order valence-electron chi connectivity index (χ0n) is 8.59. The lowest BCUT2D eigenvalue weighted by Gasteiger charge is -2.17. The van der Waals surface area contributed by atoms with Gasteiger partial charge < -0.3 is 0 Å². The lowest BCUT2D eigenvalue weighted by atomic mass is 9.90. The van der Waals surface area contributed by atoms with Gasteiger partial charge in [-0.2, -0.15) is 0 Å². The smallest absolute Gasteiger partial charge is 0.0401 e. The molecule has 0 spiro atoms. The van der Waals surface area contributed by atoms with Crippen molar-refractivity contribution in [3.05, 3.63) is 23.9 Å². The van der Waals surface area contributed by atoms with Crippen molar-refractivity contribution in [1.29, 1.82) is 0 Å². The van der Waals surface area contributed by atoms with E-state index in [4.69, 9.17) is 0 Å². The van der Waals surface area contributed by atoms with E-state index in [1.807, 2.05) is 25.2 Å². The first-order chi connectivity index (χ1) is 5.49. The Bertz CT molecular complexity index is 192. The van der Waals surface area contributed by atoms with Gasteiger partial charge in [0.2, 0.25) is 0 Å². The van der Waals surface area contributed by atoms with Crippen LogP contribution in [0.15, 0.2) is 28.9 Å². The first kappa shape index (κ1) is 11.2. The molecule has 0 saturated carbocycles. The van der Waals surface area contributed by atoms with E-state index in [0.717, 1.165) is 12.1 Å². The first-order valence-electron chi connectivity index (χ1n) is 4.28. The monoisotopic (exact) mass is 165 g/mol. The van der Waals surface area contributed by atoms with E-state index < -0.39 is 0 Å². The third-order valence-corrected chi connectivity index (χ3v) is 1.40. The molecule has 0 fully saturated rings. The van der Waals surface area contributed by atoms with Crippen LogP contribution in [0.1, 0.15) is 34.1 Å². The van der Waals surface area contributed by atoms with Crippen molar-refractivity contribution in [2.75, 3.05) is 0 Å². The van der Waals surface area contributed by atoms with Crippen molar-refractivity contribution in [2.45, 2.75) is 34.1 Å². The lowest BCUT2D eigenvalue weighted by molar-refractivity contribution is 0.408. The van der Waals surface area contributed by atoms with Crippen LogP contribution >= 0.6 is 0 Å². The van der Waals surface area contributed by atoms with Crippen LogP contribution in [0.4, 0.5) is 0 Å². The lowest BCUT2D eigenvalue weighted by Crippen LogP contribution is -2.05. The van der Waals surface area contributed by atoms with Crippen LogP contribution in [0.25, 0.3) is 0 Å². The van der Waals surface area contributed by atoms with Gasteiger partial charge >= 0.3 is 0 Å². The fourth-order valence-electron chi connectivity index (χ4n) is 0.918. The summed E-state index contributed by atoms with van der Waals surface area (Å²) in [5.74, 6) is 0. The minimum atomic E-state index is 0.286. The van der Waals surface area contributed by atoms with Gasteiger partial charge in [-0.1, -0.05) is 32.9 Å². The minimum absolute atomic E-state index is 0.286. The molecule has 0 aliphatic carbocycles. The summed E-state index contributed by atoms with van der Waals surface area (Å²) in [5, 5.41) is 0. The van der Waals surface area contributed by atoms with Crippen LogP contribution < -0.4 is 0 Å². The van der Waals surface area contributed by atoms with Crippen LogP contribution in [0.3, 0.4) is 0 Å². The number of nitrogens with zero attached hydrogens (tertiary/aromatic N) is 1. The summed E-state index contributed by atoms with van der Waals surface area (Å²) in [7, 11) is 0. The molecule has 0 atom stereocenters. The molecule has 12 heavy (non-hydrogen) atoms. The van der Waals surface area contributed by atoms with Crippen molar-refractivity contribution in [2.24, 2.45) is 10.4 Å². The van der Waals surface area contributed by atoms with Gasteiger partial charge in [-0.3, -0.25) is 4.99 Å². The number of rotatable bonds is 3. The van der Waals surface area contributed by atoms with E-state index in [1.165, 1.54) is 0 Å². The predicted octanol–water partition coefficient (Wildman–Crippen LogP) is 3.58. The molecule has 0 aliphatic heterocycles. The highest BCUT2D eigenvalue weighted by atomic mass is 14.7. The molecule has 1 nitrogen and oxygen atoms in total. The maximum atomic E-state index is 3.97. The summed E-state index contributed by atoms with van der Waals surface area (Å²) in [6, 6.07) is 0. The van der Waals surface area contributed by atoms with Crippen LogP contribution in [-0.4, -0.2) is 6.72 Å². The average Bonchev–Trinajstić information content (AvgIpc) is 1.95. The number of hydrogen-bond donors (Lipinski definition) is 0. The van der Waals surface area contributed by atoms with E-state index >= 15 is 0 Å². The maximum Gasteiger partial charge on any atom is 0.0401 e. The number of hydrogen-bond acceptors (Lipinski definition) is 1. The molecule has 0 aromatic heterocycles.